The Morgan fingerprint density at radius 1 is 0.960 bits per heavy atom. The number of amides is 1. The highest BCUT2D eigenvalue weighted by Crippen LogP contribution is 2.14. The number of carbonyl (C=O) groups excluding carboxylic acids is 1. The average Bonchev–Trinajstić information content (AvgIpc) is 2.65. The molecule has 25 heavy (non-hydrogen) atoms. The lowest BCUT2D eigenvalue weighted by Crippen LogP contribution is -2.38. The van der Waals surface area contributed by atoms with Crippen molar-refractivity contribution in [1.29, 1.82) is 0 Å². The average molecular weight is 359 g/mol. The van der Waals surface area contributed by atoms with Crippen molar-refractivity contribution in [3.05, 3.63) is 70.7 Å². The summed E-state index contributed by atoms with van der Waals surface area (Å²) in [4.78, 5) is 16.1. The van der Waals surface area contributed by atoms with Gasteiger partial charge in [0.2, 0.25) is 0 Å². The van der Waals surface area contributed by atoms with Gasteiger partial charge in [-0.2, -0.15) is 0 Å². The van der Waals surface area contributed by atoms with Gasteiger partial charge in [0.1, 0.15) is 0 Å². The van der Waals surface area contributed by atoms with E-state index in [9.17, 15) is 4.79 Å². The van der Waals surface area contributed by atoms with Crippen LogP contribution in [0.5, 0.6) is 0 Å². The topological polar surface area (TPSA) is 65.5 Å². The van der Waals surface area contributed by atoms with E-state index in [1.54, 1.807) is 19.2 Å². The fourth-order valence-electron chi connectivity index (χ4n) is 2.23. The van der Waals surface area contributed by atoms with Gasteiger partial charge in [0, 0.05) is 37.3 Å². The second-order valence-corrected chi connectivity index (χ2v) is 5.83. The first-order chi connectivity index (χ1) is 12.2. The first-order valence-corrected chi connectivity index (χ1v) is 8.59. The first kappa shape index (κ1) is 18.8. The van der Waals surface area contributed by atoms with Gasteiger partial charge in [0.15, 0.2) is 5.96 Å². The van der Waals surface area contributed by atoms with E-state index in [1.165, 1.54) is 0 Å². The van der Waals surface area contributed by atoms with Gasteiger partial charge in [-0.15, -0.1) is 0 Å². The van der Waals surface area contributed by atoms with Crippen LogP contribution in [0.25, 0.3) is 0 Å². The Morgan fingerprint density at radius 3 is 2.36 bits per heavy atom. The smallest absolute Gasteiger partial charge is 0.251 e. The van der Waals surface area contributed by atoms with Gasteiger partial charge in [-0.1, -0.05) is 48.0 Å². The van der Waals surface area contributed by atoms with Gasteiger partial charge in [-0.25, -0.2) is 0 Å². The normalized spacial score (nSPS) is 11.0. The zero-order valence-electron chi connectivity index (χ0n) is 14.3. The highest BCUT2D eigenvalue weighted by Gasteiger charge is 2.04. The SMILES string of the molecule is CN=C(NCCCNC(=O)c1ccccc1)NCc1ccccc1Cl. The molecule has 0 aliphatic heterocycles. The number of aliphatic imine (C=N–C) groups is 1. The highest BCUT2D eigenvalue weighted by molar-refractivity contribution is 6.31. The fraction of sp³-hybridized carbons (Fsp3) is 0.263. The molecule has 0 fully saturated rings. The Hall–Kier alpha value is -2.53. The molecule has 2 rings (SSSR count). The number of rotatable bonds is 7. The van der Waals surface area contributed by atoms with E-state index >= 15 is 0 Å². The van der Waals surface area contributed by atoms with E-state index in [1.807, 2.05) is 42.5 Å². The molecule has 3 N–H and O–H groups in total. The molecule has 1 amide bonds. The third kappa shape index (κ3) is 6.47. The van der Waals surface area contributed by atoms with Crippen LogP contribution < -0.4 is 16.0 Å². The van der Waals surface area contributed by atoms with E-state index in [0.29, 0.717) is 31.2 Å². The molecule has 0 aliphatic carbocycles. The van der Waals surface area contributed by atoms with Crippen molar-refractivity contribution in [2.75, 3.05) is 20.1 Å². The number of benzene rings is 2. The molecular weight excluding hydrogens is 336 g/mol. The minimum atomic E-state index is -0.0539. The van der Waals surface area contributed by atoms with Gasteiger partial charge in [0.25, 0.3) is 5.91 Å². The highest BCUT2D eigenvalue weighted by atomic mass is 35.5. The largest absolute Gasteiger partial charge is 0.356 e. The van der Waals surface area contributed by atoms with E-state index in [-0.39, 0.29) is 5.91 Å². The molecule has 2 aromatic rings. The maximum absolute atomic E-state index is 11.9. The van der Waals surface area contributed by atoms with Crippen LogP contribution in [0.2, 0.25) is 5.02 Å². The minimum absolute atomic E-state index is 0.0539. The molecule has 6 heteroatoms. The summed E-state index contributed by atoms with van der Waals surface area (Å²) in [5.74, 6) is 0.649. The van der Waals surface area contributed by atoms with E-state index in [0.717, 1.165) is 17.0 Å². The van der Waals surface area contributed by atoms with Gasteiger partial charge in [0.05, 0.1) is 0 Å². The maximum atomic E-state index is 11.9. The van der Waals surface area contributed by atoms with Crippen LogP contribution in [0, 0.1) is 0 Å². The molecule has 0 aliphatic rings. The predicted octanol–water partition coefficient (Wildman–Crippen LogP) is 2.83. The quantitative estimate of drug-likeness (QED) is 0.405. The molecule has 0 aromatic heterocycles. The standard InChI is InChI=1S/C19H23ClN4O/c1-21-19(24-14-16-10-5-6-11-17(16)20)23-13-7-12-22-18(25)15-8-3-2-4-9-15/h2-6,8-11H,7,12-14H2,1H3,(H,22,25)(H2,21,23,24). The molecule has 0 atom stereocenters. The molecule has 0 saturated carbocycles. The third-order valence-electron chi connectivity index (χ3n) is 3.60. The molecule has 2 aromatic carbocycles. The Kier molecular flexibility index (Phi) is 7.79. The van der Waals surface area contributed by atoms with Gasteiger partial charge in [-0.3, -0.25) is 9.79 Å². The lowest BCUT2D eigenvalue weighted by molar-refractivity contribution is 0.0953. The van der Waals surface area contributed by atoms with Crippen LogP contribution in [0.3, 0.4) is 0 Å². The molecule has 0 unspecified atom stereocenters. The maximum Gasteiger partial charge on any atom is 0.251 e. The monoisotopic (exact) mass is 358 g/mol. The van der Waals surface area contributed by atoms with E-state index in [4.69, 9.17) is 11.6 Å². The van der Waals surface area contributed by atoms with Gasteiger partial charge in [-0.05, 0) is 30.2 Å². The second-order valence-electron chi connectivity index (χ2n) is 5.42. The van der Waals surface area contributed by atoms with Crippen molar-refractivity contribution >= 4 is 23.5 Å². The summed E-state index contributed by atoms with van der Waals surface area (Å²) in [7, 11) is 1.72. The van der Waals surface area contributed by atoms with Crippen LogP contribution in [0.1, 0.15) is 22.3 Å². The lowest BCUT2D eigenvalue weighted by Gasteiger charge is -2.13. The van der Waals surface area contributed by atoms with Crippen molar-refractivity contribution in [2.24, 2.45) is 4.99 Å². The molecule has 0 bridgehead atoms. The molecule has 132 valence electrons. The number of hydrogen-bond acceptors (Lipinski definition) is 2. The lowest BCUT2D eigenvalue weighted by atomic mass is 10.2. The van der Waals surface area contributed by atoms with Crippen molar-refractivity contribution in [1.82, 2.24) is 16.0 Å². The number of guanidine groups is 1. The molecule has 5 nitrogen and oxygen atoms in total. The Morgan fingerprint density at radius 2 is 1.64 bits per heavy atom. The zero-order chi connectivity index (χ0) is 17.9. The summed E-state index contributed by atoms with van der Waals surface area (Å²) < 4.78 is 0. The summed E-state index contributed by atoms with van der Waals surface area (Å²) >= 11 is 6.14. The van der Waals surface area contributed by atoms with Crippen molar-refractivity contribution in [2.45, 2.75) is 13.0 Å². The summed E-state index contributed by atoms with van der Waals surface area (Å²) in [6, 6.07) is 16.9. The predicted molar refractivity (Wildman–Crippen MR) is 103 cm³/mol. The number of halogens is 1. The van der Waals surface area contributed by atoms with Crippen molar-refractivity contribution < 1.29 is 4.79 Å². The zero-order valence-corrected chi connectivity index (χ0v) is 15.0. The molecule has 0 spiro atoms. The van der Waals surface area contributed by atoms with E-state index < -0.39 is 0 Å². The fourth-order valence-corrected chi connectivity index (χ4v) is 2.43. The molecular formula is C19H23ClN4O. The number of hydrogen-bond donors (Lipinski definition) is 3. The Balaban J connectivity index is 1.64. The van der Waals surface area contributed by atoms with Gasteiger partial charge >= 0.3 is 0 Å². The first-order valence-electron chi connectivity index (χ1n) is 8.22. The third-order valence-corrected chi connectivity index (χ3v) is 3.96. The van der Waals surface area contributed by atoms with Crippen LogP contribution in [0.15, 0.2) is 59.6 Å². The Labute approximate surface area is 153 Å². The number of nitrogens with zero attached hydrogens (tertiary/aromatic N) is 1. The molecule has 0 radical (unpaired) electrons. The van der Waals surface area contributed by atoms with Crippen molar-refractivity contribution in [3.63, 3.8) is 0 Å². The van der Waals surface area contributed by atoms with E-state index in [2.05, 4.69) is 20.9 Å². The number of nitrogens with one attached hydrogen (secondary N) is 3. The van der Waals surface area contributed by atoms with Crippen LogP contribution in [0.4, 0.5) is 0 Å². The summed E-state index contributed by atoms with van der Waals surface area (Å²) in [5, 5.41) is 10.1. The van der Waals surface area contributed by atoms with Crippen LogP contribution in [-0.2, 0) is 6.54 Å². The summed E-state index contributed by atoms with van der Waals surface area (Å²) in [6.45, 7) is 1.91. The van der Waals surface area contributed by atoms with Crippen LogP contribution in [-0.4, -0.2) is 32.0 Å². The summed E-state index contributed by atoms with van der Waals surface area (Å²) in [6.07, 6.45) is 0.797. The minimum Gasteiger partial charge on any atom is -0.356 e. The van der Waals surface area contributed by atoms with Gasteiger partial charge < -0.3 is 16.0 Å². The molecule has 0 saturated heterocycles. The van der Waals surface area contributed by atoms with Crippen molar-refractivity contribution in [3.8, 4) is 0 Å². The summed E-state index contributed by atoms with van der Waals surface area (Å²) in [5.41, 5.74) is 1.69. The Bertz CT molecular complexity index is 704. The molecule has 0 heterocycles. The van der Waals surface area contributed by atoms with Crippen LogP contribution >= 0.6 is 11.6 Å². The number of carbonyl (C=O) groups is 1. The second kappa shape index (κ2) is 10.4.